The highest BCUT2D eigenvalue weighted by atomic mass is 79.9. The standard InChI is InChI=1S/C7H9BrN2/c8-10-9-6-7-4-2-1-3-5-7/h1-5,9-10H,6H2. The van der Waals surface area contributed by atoms with Gasteiger partial charge in [-0.15, -0.1) is 0 Å². The zero-order chi connectivity index (χ0) is 7.23. The lowest BCUT2D eigenvalue weighted by atomic mass is 10.2. The molecule has 0 aromatic heterocycles. The highest BCUT2D eigenvalue weighted by molar-refractivity contribution is 9.08. The molecule has 0 saturated heterocycles. The summed E-state index contributed by atoms with van der Waals surface area (Å²) < 4.78 is 2.68. The van der Waals surface area contributed by atoms with Crippen LogP contribution in [0.25, 0.3) is 0 Å². The fourth-order valence-corrected chi connectivity index (χ4v) is 0.872. The van der Waals surface area contributed by atoms with Gasteiger partial charge in [0, 0.05) is 22.7 Å². The summed E-state index contributed by atoms with van der Waals surface area (Å²) in [5, 5.41) is 0. The van der Waals surface area contributed by atoms with Crippen molar-refractivity contribution in [2.75, 3.05) is 0 Å². The minimum atomic E-state index is 0.825. The maximum absolute atomic E-state index is 3.05. The number of rotatable bonds is 3. The van der Waals surface area contributed by atoms with Crippen molar-refractivity contribution in [3.05, 3.63) is 35.9 Å². The first kappa shape index (κ1) is 7.72. The molecule has 0 spiro atoms. The van der Waals surface area contributed by atoms with Crippen LogP contribution in [0.15, 0.2) is 30.3 Å². The second-order valence-corrected chi connectivity index (χ2v) is 2.33. The van der Waals surface area contributed by atoms with E-state index in [0.29, 0.717) is 0 Å². The van der Waals surface area contributed by atoms with Gasteiger partial charge >= 0.3 is 0 Å². The van der Waals surface area contributed by atoms with E-state index in [-0.39, 0.29) is 0 Å². The van der Waals surface area contributed by atoms with Gasteiger partial charge in [0.15, 0.2) is 0 Å². The molecule has 0 amide bonds. The number of halogens is 1. The topological polar surface area (TPSA) is 24.1 Å². The minimum Gasteiger partial charge on any atom is -0.243 e. The summed E-state index contributed by atoms with van der Waals surface area (Å²) in [6, 6.07) is 10.2. The molecule has 1 rings (SSSR count). The molecule has 10 heavy (non-hydrogen) atoms. The van der Waals surface area contributed by atoms with E-state index in [0.717, 1.165) is 6.54 Å². The molecule has 0 aliphatic heterocycles. The molecule has 0 heterocycles. The Morgan fingerprint density at radius 1 is 1.20 bits per heavy atom. The van der Waals surface area contributed by atoms with Crippen LogP contribution in [0.3, 0.4) is 0 Å². The number of hydrogen-bond donors (Lipinski definition) is 2. The van der Waals surface area contributed by atoms with E-state index in [1.807, 2.05) is 18.2 Å². The van der Waals surface area contributed by atoms with Gasteiger partial charge in [0.05, 0.1) is 0 Å². The molecule has 0 aliphatic rings. The Balaban J connectivity index is 2.43. The summed E-state index contributed by atoms with van der Waals surface area (Å²) in [6.07, 6.45) is 0. The smallest absolute Gasteiger partial charge is 0.0359 e. The van der Waals surface area contributed by atoms with E-state index in [9.17, 15) is 0 Å². The van der Waals surface area contributed by atoms with E-state index < -0.39 is 0 Å². The molecule has 3 heteroatoms. The first-order chi connectivity index (χ1) is 4.93. The second-order valence-electron chi connectivity index (χ2n) is 1.93. The van der Waals surface area contributed by atoms with Gasteiger partial charge in [0.2, 0.25) is 0 Å². The van der Waals surface area contributed by atoms with Crippen molar-refractivity contribution in [3.8, 4) is 0 Å². The highest BCUT2D eigenvalue weighted by Gasteiger charge is 1.85. The van der Waals surface area contributed by atoms with Gasteiger partial charge in [-0.3, -0.25) is 0 Å². The fourth-order valence-electron chi connectivity index (χ4n) is 0.731. The molecular weight excluding hydrogens is 192 g/mol. The lowest BCUT2D eigenvalue weighted by Gasteiger charge is -1.99. The summed E-state index contributed by atoms with van der Waals surface area (Å²) in [5.41, 5.74) is 4.19. The number of hydrogen-bond acceptors (Lipinski definition) is 2. The molecular formula is C7H9BrN2. The third kappa shape index (κ3) is 2.47. The van der Waals surface area contributed by atoms with Gasteiger partial charge < -0.3 is 0 Å². The van der Waals surface area contributed by atoms with Crippen LogP contribution in [0.4, 0.5) is 0 Å². The predicted octanol–water partition coefficient (Wildman–Crippen LogP) is 1.59. The Morgan fingerprint density at radius 3 is 2.50 bits per heavy atom. The lowest BCUT2D eigenvalue weighted by Crippen LogP contribution is -2.21. The minimum absolute atomic E-state index is 0.825. The normalized spacial score (nSPS) is 9.70. The van der Waals surface area contributed by atoms with Crippen molar-refractivity contribution in [2.45, 2.75) is 6.54 Å². The molecule has 54 valence electrons. The monoisotopic (exact) mass is 200 g/mol. The Morgan fingerprint density at radius 2 is 1.90 bits per heavy atom. The van der Waals surface area contributed by atoms with E-state index in [1.165, 1.54) is 5.56 Å². The third-order valence-electron chi connectivity index (χ3n) is 1.20. The molecule has 2 N–H and O–H groups in total. The summed E-state index contributed by atoms with van der Waals surface area (Å²) in [6.45, 7) is 0.825. The summed E-state index contributed by atoms with van der Waals surface area (Å²) in [4.78, 5) is 0. The maximum atomic E-state index is 3.05. The van der Waals surface area contributed by atoms with Gasteiger partial charge in [0.1, 0.15) is 0 Å². The number of benzene rings is 1. The predicted molar refractivity (Wildman–Crippen MR) is 45.3 cm³/mol. The highest BCUT2D eigenvalue weighted by Crippen LogP contribution is 1.95. The molecule has 0 saturated carbocycles. The Kier molecular flexibility index (Phi) is 3.43. The van der Waals surface area contributed by atoms with E-state index in [1.54, 1.807) is 0 Å². The summed E-state index contributed by atoms with van der Waals surface area (Å²) in [5.74, 6) is 0. The van der Waals surface area contributed by atoms with Crippen LogP contribution in [0.5, 0.6) is 0 Å². The number of hydrazine groups is 1. The molecule has 0 radical (unpaired) electrons. The average molecular weight is 201 g/mol. The molecule has 0 unspecified atom stereocenters. The maximum Gasteiger partial charge on any atom is 0.0359 e. The van der Waals surface area contributed by atoms with Gasteiger partial charge in [-0.1, -0.05) is 30.3 Å². The molecule has 1 aromatic rings. The second kappa shape index (κ2) is 4.44. The van der Waals surface area contributed by atoms with Crippen LogP contribution >= 0.6 is 16.1 Å². The number of nitrogens with one attached hydrogen (secondary N) is 2. The first-order valence-corrected chi connectivity index (χ1v) is 3.85. The van der Waals surface area contributed by atoms with Crippen LogP contribution < -0.4 is 9.88 Å². The van der Waals surface area contributed by atoms with Crippen LogP contribution in [-0.2, 0) is 6.54 Å². The van der Waals surface area contributed by atoms with Crippen LogP contribution in [0, 0.1) is 0 Å². The molecule has 1 aromatic carbocycles. The Labute approximate surface area is 68.9 Å². The van der Waals surface area contributed by atoms with Gasteiger partial charge in [0.25, 0.3) is 0 Å². The van der Waals surface area contributed by atoms with Crippen LogP contribution in [0.2, 0.25) is 0 Å². The van der Waals surface area contributed by atoms with Crippen molar-refractivity contribution in [1.82, 2.24) is 9.88 Å². The molecule has 0 aliphatic carbocycles. The van der Waals surface area contributed by atoms with Crippen molar-refractivity contribution in [1.29, 1.82) is 0 Å². The SMILES string of the molecule is BrNNCc1ccccc1. The van der Waals surface area contributed by atoms with Gasteiger partial charge in [-0.05, 0) is 5.56 Å². The van der Waals surface area contributed by atoms with Crippen LogP contribution in [-0.4, -0.2) is 0 Å². The van der Waals surface area contributed by atoms with Crippen molar-refractivity contribution in [3.63, 3.8) is 0 Å². The van der Waals surface area contributed by atoms with Gasteiger partial charge in [-0.2, -0.15) is 4.45 Å². The molecule has 2 nitrogen and oxygen atoms in total. The molecule has 0 atom stereocenters. The van der Waals surface area contributed by atoms with E-state index in [4.69, 9.17) is 0 Å². The van der Waals surface area contributed by atoms with Crippen molar-refractivity contribution in [2.24, 2.45) is 0 Å². The summed E-state index contributed by atoms with van der Waals surface area (Å²) in [7, 11) is 0. The molecule has 0 fully saturated rings. The van der Waals surface area contributed by atoms with Crippen molar-refractivity contribution < 1.29 is 0 Å². The summed E-state index contributed by atoms with van der Waals surface area (Å²) >= 11 is 3.05. The third-order valence-corrected chi connectivity index (χ3v) is 1.48. The molecule has 0 bridgehead atoms. The quantitative estimate of drug-likeness (QED) is 0.573. The van der Waals surface area contributed by atoms with Gasteiger partial charge in [-0.25, -0.2) is 5.43 Å². The van der Waals surface area contributed by atoms with Crippen molar-refractivity contribution >= 4 is 16.1 Å². The fraction of sp³-hybridized carbons (Fsp3) is 0.143. The van der Waals surface area contributed by atoms with E-state index >= 15 is 0 Å². The first-order valence-electron chi connectivity index (χ1n) is 3.06. The largest absolute Gasteiger partial charge is 0.243 e. The Bertz CT molecular complexity index is 176. The Hall–Kier alpha value is -0.380. The van der Waals surface area contributed by atoms with E-state index in [2.05, 4.69) is 38.2 Å². The lowest BCUT2D eigenvalue weighted by molar-refractivity contribution is 0.695. The zero-order valence-corrected chi connectivity index (χ0v) is 7.06. The average Bonchev–Trinajstić information content (AvgIpc) is 2.03. The van der Waals surface area contributed by atoms with Crippen LogP contribution in [0.1, 0.15) is 5.56 Å². The zero-order valence-electron chi connectivity index (χ0n) is 5.47.